The van der Waals surface area contributed by atoms with Gasteiger partial charge in [0.1, 0.15) is 30.2 Å². The summed E-state index contributed by atoms with van der Waals surface area (Å²) in [6, 6.07) is 6.77. The Hall–Kier alpha value is -1.27. The lowest BCUT2D eigenvalue weighted by Gasteiger charge is -2.38. The van der Waals surface area contributed by atoms with Crippen molar-refractivity contribution in [2.24, 2.45) is 0 Å². The van der Waals surface area contributed by atoms with Gasteiger partial charge in [0.2, 0.25) is 6.29 Å². The van der Waals surface area contributed by atoms with Crippen molar-refractivity contribution in [1.82, 2.24) is 0 Å². The van der Waals surface area contributed by atoms with Gasteiger partial charge in [-0.3, -0.25) is 0 Å². The number of hydrogen-bond acceptors (Lipinski definition) is 9. The van der Waals surface area contributed by atoms with Crippen molar-refractivity contribution in [2.75, 3.05) is 6.61 Å². The van der Waals surface area contributed by atoms with Crippen LogP contribution in [-0.2, 0) is 25.7 Å². The Morgan fingerprint density at radius 1 is 0.725 bits per heavy atom. The zero-order chi connectivity index (χ0) is 29.2. The molecule has 1 saturated heterocycles. The van der Waals surface area contributed by atoms with E-state index in [1.807, 2.05) is 0 Å². The summed E-state index contributed by atoms with van der Waals surface area (Å²) in [5.41, 5.74) is 0.717. The maximum absolute atomic E-state index is 12.5. The quantitative estimate of drug-likeness (QED) is 0.139. The molecule has 9 nitrogen and oxygen atoms in total. The number of hydrogen-bond donors (Lipinski definition) is 4. The summed E-state index contributed by atoms with van der Waals surface area (Å²) in [6.45, 7) is 1.56. The van der Waals surface area contributed by atoms with Gasteiger partial charge in [-0.2, -0.15) is 8.42 Å². The molecule has 1 aliphatic heterocycles. The highest BCUT2D eigenvalue weighted by Gasteiger charge is 2.46. The van der Waals surface area contributed by atoms with E-state index in [2.05, 4.69) is 6.92 Å². The minimum atomic E-state index is -4.68. The van der Waals surface area contributed by atoms with Crippen LogP contribution in [0.1, 0.15) is 115 Å². The summed E-state index contributed by atoms with van der Waals surface area (Å²) >= 11 is 0. The van der Waals surface area contributed by atoms with Crippen molar-refractivity contribution in [3.63, 3.8) is 0 Å². The van der Waals surface area contributed by atoms with Crippen molar-refractivity contribution in [3.8, 4) is 5.75 Å². The average molecular weight is 589 g/mol. The molecule has 4 N–H and O–H groups in total. The van der Waals surface area contributed by atoms with Crippen LogP contribution in [0.2, 0.25) is 0 Å². The van der Waals surface area contributed by atoms with Crippen LogP contribution in [0.15, 0.2) is 24.3 Å². The number of para-hydroxylation sites is 1. The van der Waals surface area contributed by atoms with Gasteiger partial charge in [0.25, 0.3) is 0 Å². The largest absolute Gasteiger partial charge is 0.451 e. The third kappa shape index (κ3) is 13.1. The monoisotopic (exact) mass is 588 g/mol. The van der Waals surface area contributed by atoms with Gasteiger partial charge in [-0.1, -0.05) is 121 Å². The summed E-state index contributed by atoms with van der Waals surface area (Å²) in [5.74, 6) is 0.119. The summed E-state index contributed by atoms with van der Waals surface area (Å²) in [4.78, 5) is 0. The van der Waals surface area contributed by atoms with Crippen LogP contribution in [0.5, 0.6) is 5.75 Å². The Kier molecular flexibility index (Phi) is 17.3. The van der Waals surface area contributed by atoms with Gasteiger partial charge in [0.05, 0.1) is 6.61 Å². The second-order valence-corrected chi connectivity index (χ2v) is 12.1. The van der Waals surface area contributed by atoms with Gasteiger partial charge in [-0.05, 0) is 24.5 Å². The van der Waals surface area contributed by atoms with E-state index in [1.54, 1.807) is 18.2 Å². The number of rotatable bonds is 22. The van der Waals surface area contributed by atoms with Crippen LogP contribution in [0.3, 0.4) is 0 Å². The summed E-state index contributed by atoms with van der Waals surface area (Å²) in [7, 11) is -4.68. The van der Waals surface area contributed by atoms with E-state index in [0.717, 1.165) is 19.3 Å². The number of aryl methyl sites for hydroxylation is 1. The first-order valence-electron chi connectivity index (χ1n) is 15.3. The molecule has 1 aromatic carbocycles. The average Bonchev–Trinajstić information content (AvgIpc) is 2.93. The van der Waals surface area contributed by atoms with Gasteiger partial charge < -0.3 is 29.3 Å². The molecule has 1 heterocycles. The van der Waals surface area contributed by atoms with Crippen LogP contribution >= 0.6 is 0 Å². The lowest BCUT2D eigenvalue weighted by atomic mass is 10.00. The van der Waals surface area contributed by atoms with Crippen molar-refractivity contribution in [1.29, 1.82) is 0 Å². The summed E-state index contributed by atoms with van der Waals surface area (Å²) in [5, 5.41) is 39.0. The summed E-state index contributed by atoms with van der Waals surface area (Å²) < 4.78 is 40.1. The number of aliphatic hydroxyl groups excluding tert-OH is 4. The number of benzene rings is 1. The lowest BCUT2D eigenvalue weighted by molar-refractivity contribution is -0.277. The molecule has 0 aromatic heterocycles. The van der Waals surface area contributed by atoms with Crippen LogP contribution < -0.4 is 4.18 Å². The van der Waals surface area contributed by atoms with Crippen molar-refractivity contribution >= 4 is 10.4 Å². The van der Waals surface area contributed by atoms with Crippen molar-refractivity contribution in [3.05, 3.63) is 29.8 Å². The molecule has 0 aliphatic carbocycles. The van der Waals surface area contributed by atoms with Gasteiger partial charge in [-0.15, -0.1) is 0 Å². The number of aliphatic hydroxyl groups is 4. The van der Waals surface area contributed by atoms with Crippen molar-refractivity contribution in [2.45, 2.75) is 147 Å². The molecular formula is C30H52O9S. The first-order chi connectivity index (χ1) is 19.3. The molecule has 5 atom stereocenters. The minimum Gasteiger partial charge on any atom is -0.394 e. The molecule has 1 fully saturated rings. The highest BCUT2D eigenvalue weighted by Crippen LogP contribution is 2.27. The molecule has 10 heteroatoms. The second-order valence-electron chi connectivity index (χ2n) is 10.9. The molecule has 2 rings (SSSR count). The smallest absolute Gasteiger partial charge is 0.394 e. The zero-order valence-corrected chi connectivity index (χ0v) is 25.0. The first kappa shape index (κ1) is 34.9. The van der Waals surface area contributed by atoms with E-state index in [4.69, 9.17) is 13.1 Å². The van der Waals surface area contributed by atoms with E-state index in [1.165, 1.54) is 89.5 Å². The molecule has 0 amide bonds. The topological polar surface area (TPSA) is 143 Å². The predicted octanol–water partition coefficient (Wildman–Crippen LogP) is 4.93. The Bertz CT molecular complexity index is 893. The van der Waals surface area contributed by atoms with Crippen LogP contribution in [0.25, 0.3) is 0 Å². The molecule has 0 saturated carbocycles. The van der Waals surface area contributed by atoms with Crippen LogP contribution in [0, 0.1) is 0 Å². The van der Waals surface area contributed by atoms with Crippen LogP contribution in [-0.4, -0.2) is 66.2 Å². The zero-order valence-electron chi connectivity index (χ0n) is 24.2. The molecular weight excluding hydrogens is 536 g/mol. The van der Waals surface area contributed by atoms with Gasteiger partial charge in [-0.25, -0.2) is 4.18 Å². The fourth-order valence-electron chi connectivity index (χ4n) is 5.05. The van der Waals surface area contributed by atoms with Gasteiger partial charge >= 0.3 is 10.4 Å². The minimum absolute atomic E-state index is 0.119. The molecule has 40 heavy (non-hydrogen) atoms. The Labute approximate surface area is 241 Å². The highest BCUT2D eigenvalue weighted by molar-refractivity contribution is 7.82. The van der Waals surface area contributed by atoms with E-state index in [9.17, 15) is 28.8 Å². The molecule has 232 valence electrons. The standard InChI is InChI=1S/C30H52O9S/c1-2-3-4-5-6-7-8-9-10-11-12-13-14-15-16-17-20-24-21-18-19-22-25(24)38-40(35,36)39-30-29(34)28(33)27(32)26(23-31)37-30/h18-19,21-22,26-34H,2-17,20,23H2,1H3/t26-,27-,28+,29+,30+/m1/s1. The lowest BCUT2D eigenvalue weighted by Crippen LogP contribution is -2.59. The van der Waals surface area contributed by atoms with Gasteiger partial charge in [0.15, 0.2) is 0 Å². The van der Waals surface area contributed by atoms with E-state index in [0.29, 0.717) is 12.0 Å². The van der Waals surface area contributed by atoms with Crippen molar-refractivity contribution < 1.29 is 41.9 Å². The first-order valence-corrected chi connectivity index (χ1v) is 16.6. The van der Waals surface area contributed by atoms with E-state index < -0.39 is 47.7 Å². The van der Waals surface area contributed by atoms with E-state index >= 15 is 0 Å². The Morgan fingerprint density at radius 3 is 1.75 bits per heavy atom. The number of unbranched alkanes of at least 4 members (excludes halogenated alkanes) is 15. The Morgan fingerprint density at radius 2 is 1.23 bits per heavy atom. The maximum Gasteiger partial charge on any atom is 0.451 e. The fourth-order valence-corrected chi connectivity index (χ4v) is 5.86. The molecule has 0 spiro atoms. The third-order valence-electron chi connectivity index (χ3n) is 7.53. The van der Waals surface area contributed by atoms with E-state index in [-0.39, 0.29) is 5.75 Å². The highest BCUT2D eigenvalue weighted by atomic mass is 32.3. The van der Waals surface area contributed by atoms with Gasteiger partial charge in [0, 0.05) is 0 Å². The molecule has 1 aliphatic rings. The molecule has 0 bridgehead atoms. The Balaban J connectivity index is 1.62. The van der Waals surface area contributed by atoms with Crippen LogP contribution in [0.4, 0.5) is 0 Å². The maximum atomic E-state index is 12.5. The molecule has 1 aromatic rings. The third-order valence-corrected chi connectivity index (χ3v) is 8.33. The summed E-state index contributed by atoms with van der Waals surface area (Å²) in [6.07, 6.45) is 12.7. The number of ether oxygens (including phenoxy) is 1. The molecule has 0 radical (unpaired) electrons. The molecule has 0 unspecified atom stereocenters. The fraction of sp³-hybridized carbons (Fsp3) is 0.800. The SMILES string of the molecule is CCCCCCCCCCCCCCCCCCc1ccccc1OS(=O)(=O)O[C@@H]1O[C@H](CO)[C@@H](O)[C@H](O)[C@@H]1O. The normalized spacial score (nSPS) is 23.4. The predicted molar refractivity (Wildman–Crippen MR) is 154 cm³/mol. The second kappa shape index (κ2) is 19.8.